The van der Waals surface area contributed by atoms with E-state index in [1.807, 2.05) is 12.3 Å². The Bertz CT molecular complexity index is 539. The lowest BCUT2D eigenvalue weighted by Crippen LogP contribution is -2.29. The smallest absolute Gasteiger partial charge is 0.237 e. The number of carbonyl (C=O) groups excluding carboxylic acids is 1. The molecule has 19 heavy (non-hydrogen) atoms. The molecule has 1 aliphatic heterocycles. The van der Waals surface area contributed by atoms with Gasteiger partial charge >= 0.3 is 0 Å². The maximum absolute atomic E-state index is 11.8. The van der Waals surface area contributed by atoms with Gasteiger partial charge in [-0.3, -0.25) is 9.59 Å². The first-order valence-corrected chi connectivity index (χ1v) is 7.17. The number of hydrogen-bond donors (Lipinski definition) is 1. The molecule has 0 aliphatic carbocycles. The van der Waals surface area contributed by atoms with E-state index < -0.39 is 0 Å². The minimum atomic E-state index is -0.162. The minimum absolute atomic E-state index is 0.0414. The molecule has 1 aromatic rings. The van der Waals surface area contributed by atoms with Gasteiger partial charge in [-0.1, -0.05) is 6.92 Å². The molecule has 6 heteroatoms. The zero-order valence-corrected chi connectivity index (χ0v) is 11.5. The summed E-state index contributed by atoms with van der Waals surface area (Å²) < 4.78 is 5.31. The lowest BCUT2D eigenvalue weighted by Gasteiger charge is -2.20. The molecule has 0 aromatic carbocycles. The zero-order chi connectivity index (χ0) is 13.7. The average molecular weight is 280 g/mol. The number of hydrogen-bond acceptors (Lipinski definition) is 4. The molecule has 0 fully saturated rings. The van der Waals surface area contributed by atoms with Gasteiger partial charge in [0, 0.05) is 24.2 Å². The van der Waals surface area contributed by atoms with E-state index in [1.54, 1.807) is 17.3 Å². The third kappa shape index (κ3) is 3.64. The Kier molecular flexibility index (Phi) is 4.68. The molecule has 0 spiro atoms. The number of amides is 1. The highest BCUT2D eigenvalue weighted by Crippen LogP contribution is 2.14. The van der Waals surface area contributed by atoms with Crippen molar-refractivity contribution < 1.29 is 9.53 Å². The van der Waals surface area contributed by atoms with Crippen molar-refractivity contribution in [3.05, 3.63) is 39.8 Å². The Morgan fingerprint density at radius 3 is 3.00 bits per heavy atom. The number of pyridine rings is 1. The number of thioether (sulfide) groups is 1. The van der Waals surface area contributed by atoms with Gasteiger partial charge < -0.3 is 14.6 Å². The Labute approximate surface area is 115 Å². The van der Waals surface area contributed by atoms with Crippen molar-refractivity contribution >= 4 is 17.7 Å². The molecule has 2 heterocycles. The summed E-state index contributed by atoms with van der Waals surface area (Å²) in [7, 11) is 0. The normalized spacial score (nSPS) is 14.8. The fraction of sp³-hybridized carbons (Fsp3) is 0.385. The first kappa shape index (κ1) is 13.7. The first-order valence-electron chi connectivity index (χ1n) is 6.13. The lowest BCUT2D eigenvalue weighted by atomic mass is 10.3. The van der Waals surface area contributed by atoms with E-state index in [0.717, 1.165) is 6.42 Å². The van der Waals surface area contributed by atoms with E-state index in [-0.39, 0.29) is 11.3 Å². The van der Waals surface area contributed by atoms with E-state index in [0.29, 0.717) is 30.3 Å². The van der Waals surface area contributed by atoms with Gasteiger partial charge in [-0.25, -0.2) is 0 Å². The van der Waals surface area contributed by atoms with Crippen LogP contribution in [-0.4, -0.2) is 28.2 Å². The summed E-state index contributed by atoms with van der Waals surface area (Å²) in [5, 5.41) is 1.87. The van der Waals surface area contributed by atoms with Gasteiger partial charge in [0.05, 0.1) is 18.9 Å². The van der Waals surface area contributed by atoms with Crippen molar-refractivity contribution in [2.75, 3.05) is 12.4 Å². The summed E-state index contributed by atoms with van der Waals surface area (Å²) in [5.74, 6) is 0.805. The van der Waals surface area contributed by atoms with Crippen LogP contribution in [0.15, 0.2) is 28.7 Å². The highest BCUT2D eigenvalue weighted by molar-refractivity contribution is 8.02. The van der Waals surface area contributed by atoms with Crippen LogP contribution in [0.4, 0.5) is 0 Å². The third-order valence-corrected chi connectivity index (χ3v) is 3.33. The molecule has 0 bridgehead atoms. The Balaban J connectivity index is 2.07. The van der Waals surface area contributed by atoms with Crippen LogP contribution in [0.2, 0.25) is 0 Å². The van der Waals surface area contributed by atoms with E-state index in [1.165, 1.54) is 17.8 Å². The van der Waals surface area contributed by atoms with Crippen LogP contribution in [0.5, 0.6) is 5.75 Å². The third-order valence-electron chi connectivity index (χ3n) is 2.60. The quantitative estimate of drug-likeness (QED) is 0.892. The fourth-order valence-electron chi connectivity index (χ4n) is 1.64. The molecule has 0 atom stereocenters. The van der Waals surface area contributed by atoms with Gasteiger partial charge in [0.25, 0.3) is 0 Å². The number of nitrogens with zero attached hydrogens (tertiary/aromatic N) is 1. The number of carbonyl (C=O) groups is 1. The molecular weight excluding hydrogens is 264 g/mol. The average Bonchev–Trinajstić information content (AvgIpc) is 2.40. The SMILES string of the molecule is CCCOc1c[nH]c(CN2C=CSCC2=O)cc1=O. The van der Waals surface area contributed by atoms with Crippen molar-refractivity contribution in [1.82, 2.24) is 9.88 Å². The Hall–Kier alpha value is -1.69. The molecule has 0 radical (unpaired) electrons. The molecule has 1 N–H and O–H groups in total. The zero-order valence-electron chi connectivity index (χ0n) is 10.7. The summed E-state index contributed by atoms with van der Waals surface area (Å²) in [4.78, 5) is 28.0. The molecule has 0 unspecified atom stereocenters. The van der Waals surface area contributed by atoms with Crippen molar-refractivity contribution in [1.29, 1.82) is 0 Å². The molecule has 2 rings (SSSR count). The van der Waals surface area contributed by atoms with Crippen molar-refractivity contribution in [3.63, 3.8) is 0 Å². The van der Waals surface area contributed by atoms with Crippen LogP contribution in [0.25, 0.3) is 0 Å². The number of aromatic amines is 1. The summed E-state index contributed by atoms with van der Waals surface area (Å²) >= 11 is 1.47. The van der Waals surface area contributed by atoms with Gasteiger partial charge in [-0.05, 0) is 11.8 Å². The first-order chi connectivity index (χ1) is 9.20. The number of nitrogens with one attached hydrogen (secondary N) is 1. The van der Waals surface area contributed by atoms with E-state index in [4.69, 9.17) is 4.74 Å². The molecule has 102 valence electrons. The number of H-pyrrole nitrogens is 1. The predicted molar refractivity (Wildman–Crippen MR) is 75.0 cm³/mol. The van der Waals surface area contributed by atoms with Crippen molar-refractivity contribution in [2.24, 2.45) is 0 Å². The molecule has 0 saturated carbocycles. The molecule has 1 aromatic heterocycles. The second-order valence-electron chi connectivity index (χ2n) is 4.15. The summed E-state index contributed by atoms with van der Waals surface area (Å²) in [6, 6.07) is 1.48. The second kappa shape index (κ2) is 6.47. The number of aromatic nitrogens is 1. The summed E-state index contributed by atoms with van der Waals surface area (Å²) in [5.41, 5.74) is 0.531. The Morgan fingerprint density at radius 1 is 1.47 bits per heavy atom. The lowest BCUT2D eigenvalue weighted by molar-refractivity contribution is -0.126. The van der Waals surface area contributed by atoms with Gasteiger partial charge in [-0.15, -0.1) is 11.8 Å². The maximum atomic E-state index is 11.8. The van der Waals surface area contributed by atoms with E-state index in [2.05, 4.69) is 4.98 Å². The Morgan fingerprint density at radius 2 is 2.32 bits per heavy atom. The van der Waals surface area contributed by atoms with Crippen LogP contribution in [0.1, 0.15) is 19.0 Å². The van der Waals surface area contributed by atoms with Crippen LogP contribution in [0.3, 0.4) is 0 Å². The molecular formula is C13H16N2O3S. The van der Waals surface area contributed by atoms with Gasteiger partial charge in [-0.2, -0.15) is 0 Å². The van der Waals surface area contributed by atoms with Gasteiger partial charge in [0.2, 0.25) is 11.3 Å². The van der Waals surface area contributed by atoms with Gasteiger partial charge in [0.15, 0.2) is 5.75 Å². The monoisotopic (exact) mass is 280 g/mol. The van der Waals surface area contributed by atoms with Gasteiger partial charge in [0.1, 0.15) is 0 Å². The number of ether oxygens (including phenoxy) is 1. The fourth-order valence-corrected chi connectivity index (χ4v) is 2.28. The summed E-state index contributed by atoms with van der Waals surface area (Å²) in [6.07, 6.45) is 4.14. The van der Waals surface area contributed by atoms with E-state index in [9.17, 15) is 9.59 Å². The highest BCUT2D eigenvalue weighted by Gasteiger charge is 2.15. The standard InChI is InChI=1S/C13H16N2O3S/c1-2-4-18-12-7-14-10(6-11(12)16)8-15-3-5-19-9-13(15)17/h3,5-7H,2,4,8-9H2,1H3,(H,14,16). The molecule has 5 nitrogen and oxygen atoms in total. The second-order valence-corrected chi connectivity index (χ2v) is 5.05. The van der Waals surface area contributed by atoms with E-state index >= 15 is 0 Å². The van der Waals surface area contributed by atoms with Crippen LogP contribution < -0.4 is 10.2 Å². The maximum Gasteiger partial charge on any atom is 0.237 e. The molecule has 1 aliphatic rings. The van der Waals surface area contributed by atoms with Crippen molar-refractivity contribution in [2.45, 2.75) is 19.9 Å². The number of rotatable bonds is 5. The molecule has 0 saturated heterocycles. The van der Waals surface area contributed by atoms with Crippen molar-refractivity contribution in [3.8, 4) is 5.75 Å². The van der Waals surface area contributed by atoms with Crippen LogP contribution >= 0.6 is 11.8 Å². The minimum Gasteiger partial charge on any atom is -0.488 e. The predicted octanol–water partition coefficient (Wildman–Crippen LogP) is 1.71. The topological polar surface area (TPSA) is 62.4 Å². The molecule has 1 amide bonds. The van der Waals surface area contributed by atoms with Crippen LogP contribution in [0, 0.1) is 0 Å². The summed E-state index contributed by atoms with van der Waals surface area (Å²) in [6.45, 7) is 2.88. The highest BCUT2D eigenvalue weighted by atomic mass is 32.2. The van der Waals surface area contributed by atoms with Crippen LogP contribution in [-0.2, 0) is 11.3 Å². The largest absolute Gasteiger partial charge is 0.488 e.